The molecule has 0 aliphatic heterocycles. The lowest BCUT2D eigenvalue weighted by Crippen LogP contribution is -2.03. The summed E-state index contributed by atoms with van der Waals surface area (Å²) in [6.07, 6.45) is 6.64. The van der Waals surface area contributed by atoms with Crippen molar-refractivity contribution in [2.45, 2.75) is 33.6 Å². The molecule has 3 heteroatoms. The maximum Gasteiger partial charge on any atom is 0.315 e. The Kier molecular flexibility index (Phi) is 9.10. The summed E-state index contributed by atoms with van der Waals surface area (Å²) in [5.74, 6) is 1.17. The molecule has 92 valence electrons. The van der Waals surface area contributed by atoms with Crippen LogP contribution in [0.1, 0.15) is 33.6 Å². The van der Waals surface area contributed by atoms with E-state index in [1.165, 1.54) is 18.3 Å². The number of allylic oxidation sites excluding steroid dienone is 3. The number of thioether (sulfide) groups is 1. The number of carbonyl (C=O) groups is 1. The van der Waals surface area contributed by atoms with Gasteiger partial charge < -0.3 is 4.74 Å². The Labute approximate surface area is 103 Å². The first-order valence-corrected chi connectivity index (χ1v) is 6.65. The predicted octanol–water partition coefficient (Wildman–Crippen LogP) is 3.59. The zero-order valence-corrected chi connectivity index (χ0v) is 11.5. The molecule has 0 amide bonds. The van der Waals surface area contributed by atoms with E-state index in [-0.39, 0.29) is 5.97 Å². The van der Waals surface area contributed by atoms with Gasteiger partial charge in [-0.1, -0.05) is 23.3 Å². The van der Waals surface area contributed by atoms with Crippen LogP contribution in [0, 0.1) is 0 Å². The number of ether oxygens (including phenoxy) is 1. The highest BCUT2D eigenvalue weighted by molar-refractivity contribution is 8.00. The molecule has 16 heavy (non-hydrogen) atoms. The Morgan fingerprint density at radius 1 is 1.25 bits per heavy atom. The van der Waals surface area contributed by atoms with Crippen LogP contribution in [0.4, 0.5) is 0 Å². The van der Waals surface area contributed by atoms with Crippen molar-refractivity contribution in [3.05, 3.63) is 23.3 Å². The molecule has 0 unspecified atom stereocenters. The highest BCUT2D eigenvalue weighted by Gasteiger charge is 1.98. The summed E-state index contributed by atoms with van der Waals surface area (Å²) >= 11 is 1.59. The van der Waals surface area contributed by atoms with E-state index in [1.54, 1.807) is 11.8 Å². The molecule has 0 saturated heterocycles. The SMILES string of the molecule is COC(=O)CSCC=C(C)CCC=C(C)C. The average Bonchev–Trinajstić information content (AvgIpc) is 2.23. The highest BCUT2D eigenvalue weighted by atomic mass is 32.2. The summed E-state index contributed by atoms with van der Waals surface area (Å²) in [7, 11) is 1.42. The lowest BCUT2D eigenvalue weighted by atomic mass is 10.1. The molecule has 0 bridgehead atoms. The van der Waals surface area contributed by atoms with Gasteiger partial charge in [0.05, 0.1) is 12.9 Å². The highest BCUT2D eigenvalue weighted by Crippen LogP contribution is 2.09. The van der Waals surface area contributed by atoms with Gasteiger partial charge in [-0.25, -0.2) is 0 Å². The molecule has 0 fully saturated rings. The molecule has 0 aliphatic rings. The second-order valence-corrected chi connectivity index (χ2v) is 4.99. The second-order valence-electron chi connectivity index (χ2n) is 3.96. The van der Waals surface area contributed by atoms with Crippen LogP contribution in [-0.2, 0) is 9.53 Å². The molecule has 0 saturated carbocycles. The zero-order valence-electron chi connectivity index (χ0n) is 10.7. The lowest BCUT2D eigenvalue weighted by molar-refractivity contribution is -0.137. The third-order valence-electron chi connectivity index (χ3n) is 2.09. The molecule has 0 rings (SSSR count). The number of carbonyl (C=O) groups excluding carboxylic acids is 1. The largest absolute Gasteiger partial charge is 0.468 e. The molecule has 2 nitrogen and oxygen atoms in total. The fraction of sp³-hybridized carbons (Fsp3) is 0.615. The van der Waals surface area contributed by atoms with Crippen LogP contribution in [0.5, 0.6) is 0 Å². The molecular weight excluding hydrogens is 220 g/mol. The van der Waals surface area contributed by atoms with E-state index in [9.17, 15) is 4.79 Å². The topological polar surface area (TPSA) is 26.3 Å². The van der Waals surface area contributed by atoms with Gasteiger partial charge in [0.25, 0.3) is 0 Å². The molecule has 0 aliphatic carbocycles. The second kappa shape index (κ2) is 9.52. The van der Waals surface area contributed by atoms with Crippen molar-refractivity contribution in [1.29, 1.82) is 0 Å². The molecule has 0 aromatic rings. The minimum Gasteiger partial charge on any atom is -0.468 e. The Morgan fingerprint density at radius 2 is 1.94 bits per heavy atom. The Bertz CT molecular complexity index is 263. The number of hydrogen-bond acceptors (Lipinski definition) is 3. The van der Waals surface area contributed by atoms with E-state index in [0.29, 0.717) is 5.75 Å². The van der Waals surface area contributed by atoms with Crippen LogP contribution in [0.15, 0.2) is 23.3 Å². The first kappa shape index (κ1) is 15.3. The van der Waals surface area contributed by atoms with E-state index in [1.807, 2.05) is 0 Å². The third kappa shape index (κ3) is 9.84. The van der Waals surface area contributed by atoms with Crippen LogP contribution in [0.25, 0.3) is 0 Å². The zero-order chi connectivity index (χ0) is 12.4. The smallest absolute Gasteiger partial charge is 0.315 e. The monoisotopic (exact) mass is 242 g/mol. The molecule has 0 heterocycles. The quantitative estimate of drug-likeness (QED) is 0.388. The summed E-state index contributed by atoms with van der Waals surface area (Å²) in [5, 5.41) is 0. The first-order valence-electron chi connectivity index (χ1n) is 5.49. The number of esters is 1. The Hall–Kier alpha value is -0.700. The van der Waals surface area contributed by atoms with Gasteiger partial charge >= 0.3 is 5.97 Å². The number of methoxy groups -OCH3 is 1. The van der Waals surface area contributed by atoms with Crippen molar-refractivity contribution in [2.75, 3.05) is 18.6 Å². The van der Waals surface area contributed by atoms with Crippen LogP contribution >= 0.6 is 11.8 Å². The summed E-state index contributed by atoms with van der Waals surface area (Å²) in [5.41, 5.74) is 2.75. The average molecular weight is 242 g/mol. The van der Waals surface area contributed by atoms with Gasteiger partial charge in [-0.15, -0.1) is 11.8 Å². The summed E-state index contributed by atoms with van der Waals surface area (Å²) in [6.45, 7) is 6.37. The number of rotatable bonds is 7. The standard InChI is InChI=1S/C13H22O2S/c1-11(2)6-5-7-12(3)8-9-16-10-13(14)15-4/h6,8H,5,7,9-10H2,1-4H3. The van der Waals surface area contributed by atoms with Crippen LogP contribution in [-0.4, -0.2) is 24.6 Å². The van der Waals surface area contributed by atoms with Crippen molar-refractivity contribution in [1.82, 2.24) is 0 Å². The molecule has 0 N–H and O–H groups in total. The van der Waals surface area contributed by atoms with Gasteiger partial charge in [-0.2, -0.15) is 0 Å². The normalized spacial score (nSPS) is 11.1. The van der Waals surface area contributed by atoms with Gasteiger partial charge in [0.1, 0.15) is 0 Å². The maximum absolute atomic E-state index is 10.8. The lowest BCUT2D eigenvalue weighted by Gasteiger charge is -2.00. The fourth-order valence-corrected chi connectivity index (χ4v) is 1.90. The summed E-state index contributed by atoms with van der Waals surface area (Å²) in [6, 6.07) is 0. The molecule has 0 spiro atoms. The van der Waals surface area contributed by atoms with Crippen LogP contribution in [0.3, 0.4) is 0 Å². The predicted molar refractivity (Wildman–Crippen MR) is 71.8 cm³/mol. The van der Waals surface area contributed by atoms with Gasteiger partial charge in [0.15, 0.2) is 0 Å². The van der Waals surface area contributed by atoms with Crippen molar-refractivity contribution in [3.8, 4) is 0 Å². The van der Waals surface area contributed by atoms with Crippen LogP contribution in [0.2, 0.25) is 0 Å². The van der Waals surface area contributed by atoms with Crippen molar-refractivity contribution in [2.24, 2.45) is 0 Å². The molecule has 0 atom stereocenters. The fourth-order valence-electron chi connectivity index (χ4n) is 1.09. The summed E-state index contributed by atoms with van der Waals surface area (Å²) in [4.78, 5) is 10.8. The minimum atomic E-state index is -0.152. The van der Waals surface area contributed by atoms with Crippen molar-refractivity contribution < 1.29 is 9.53 Å². The first-order chi connectivity index (χ1) is 7.56. The molecule has 0 aromatic carbocycles. The molecule has 0 radical (unpaired) electrons. The van der Waals surface area contributed by atoms with Crippen LogP contribution < -0.4 is 0 Å². The van der Waals surface area contributed by atoms with E-state index >= 15 is 0 Å². The third-order valence-corrected chi connectivity index (χ3v) is 2.93. The number of hydrogen-bond donors (Lipinski definition) is 0. The molecular formula is C13H22O2S. The van der Waals surface area contributed by atoms with E-state index in [4.69, 9.17) is 0 Å². The van der Waals surface area contributed by atoms with Gasteiger partial charge in [-0.05, 0) is 33.6 Å². The minimum absolute atomic E-state index is 0.152. The van der Waals surface area contributed by atoms with Crippen molar-refractivity contribution >= 4 is 17.7 Å². The van der Waals surface area contributed by atoms with Gasteiger partial charge in [-0.3, -0.25) is 4.79 Å². The Morgan fingerprint density at radius 3 is 2.50 bits per heavy atom. The van der Waals surface area contributed by atoms with E-state index < -0.39 is 0 Å². The summed E-state index contributed by atoms with van der Waals surface area (Å²) < 4.78 is 4.56. The Balaban J connectivity index is 3.63. The maximum atomic E-state index is 10.8. The van der Waals surface area contributed by atoms with Gasteiger partial charge in [0.2, 0.25) is 0 Å². The molecule has 0 aromatic heterocycles. The van der Waals surface area contributed by atoms with E-state index in [2.05, 4.69) is 37.7 Å². The van der Waals surface area contributed by atoms with E-state index in [0.717, 1.165) is 18.6 Å². The van der Waals surface area contributed by atoms with Crippen molar-refractivity contribution in [3.63, 3.8) is 0 Å². The van der Waals surface area contributed by atoms with Gasteiger partial charge in [0, 0.05) is 5.75 Å².